The van der Waals surface area contributed by atoms with E-state index in [1.165, 1.54) is 38.5 Å². The van der Waals surface area contributed by atoms with Crippen LogP contribution in [0.1, 0.15) is 78.1 Å². The summed E-state index contributed by atoms with van der Waals surface area (Å²) in [5, 5.41) is 8.85. The molecule has 0 aliphatic heterocycles. The first-order chi connectivity index (χ1) is 8.63. The molecule has 0 radical (unpaired) electrons. The number of carboxylic acid groups (broad SMARTS) is 1. The van der Waals surface area contributed by atoms with Crippen molar-refractivity contribution in [3.8, 4) is 0 Å². The van der Waals surface area contributed by atoms with E-state index in [2.05, 4.69) is 6.92 Å². The zero-order valence-electron chi connectivity index (χ0n) is 11.9. The van der Waals surface area contributed by atoms with Crippen LogP contribution in [0.4, 0.5) is 0 Å². The molecule has 1 atom stereocenters. The predicted octanol–water partition coefficient (Wildman–Crippen LogP) is 4.20. The van der Waals surface area contributed by atoms with Gasteiger partial charge >= 0.3 is 5.97 Å². The van der Waals surface area contributed by atoms with Crippen LogP contribution in [0.2, 0.25) is 0 Å². The minimum atomic E-state index is -0.970. The summed E-state index contributed by atoms with van der Waals surface area (Å²) in [6.45, 7) is 3.96. The molecule has 1 N–H and O–H groups in total. The van der Waals surface area contributed by atoms with Crippen molar-refractivity contribution in [1.29, 1.82) is 0 Å². The highest BCUT2D eigenvalue weighted by Gasteiger charge is 2.22. The Bertz CT molecular complexity index is 236. The summed E-state index contributed by atoms with van der Waals surface area (Å²) in [7, 11) is 0. The van der Waals surface area contributed by atoms with Gasteiger partial charge in [0.1, 0.15) is 11.7 Å². The molecule has 0 aliphatic rings. The van der Waals surface area contributed by atoms with Crippen LogP contribution in [0.3, 0.4) is 0 Å². The molecule has 0 aliphatic carbocycles. The van der Waals surface area contributed by atoms with E-state index in [4.69, 9.17) is 5.11 Å². The molecule has 0 rings (SSSR count). The highest BCUT2D eigenvalue weighted by Crippen LogP contribution is 2.13. The number of ketones is 1. The topological polar surface area (TPSA) is 54.4 Å². The van der Waals surface area contributed by atoms with Crippen molar-refractivity contribution >= 4 is 11.8 Å². The Morgan fingerprint density at radius 2 is 1.39 bits per heavy atom. The van der Waals surface area contributed by atoms with Crippen molar-refractivity contribution in [1.82, 2.24) is 0 Å². The molecular formula is C15H28O3. The van der Waals surface area contributed by atoms with E-state index in [1.807, 2.05) is 0 Å². The first-order valence-corrected chi connectivity index (χ1v) is 7.39. The second-order valence-corrected chi connectivity index (χ2v) is 4.99. The molecule has 3 nitrogen and oxygen atoms in total. The number of Topliss-reactive ketones (excluding diaryl/α,β-unsaturated/α-hetero) is 1. The quantitative estimate of drug-likeness (QED) is 0.420. The van der Waals surface area contributed by atoms with Crippen LogP contribution in [0, 0.1) is 5.92 Å². The number of carboxylic acids is 1. The van der Waals surface area contributed by atoms with E-state index in [1.54, 1.807) is 6.92 Å². The lowest BCUT2D eigenvalue weighted by molar-refractivity contribution is -0.146. The van der Waals surface area contributed by atoms with Crippen LogP contribution in [0.15, 0.2) is 0 Å². The molecule has 0 aromatic heterocycles. The molecule has 0 spiro atoms. The summed E-state index contributed by atoms with van der Waals surface area (Å²) >= 11 is 0. The molecule has 3 heteroatoms. The van der Waals surface area contributed by atoms with E-state index in [0.29, 0.717) is 12.8 Å². The van der Waals surface area contributed by atoms with Gasteiger partial charge in [-0.3, -0.25) is 9.59 Å². The van der Waals surface area contributed by atoms with Gasteiger partial charge in [0.05, 0.1) is 0 Å². The summed E-state index contributed by atoms with van der Waals surface area (Å²) in [5.74, 6) is -1.85. The second kappa shape index (κ2) is 11.2. The summed E-state index contributed by atoms with van der Waals surface area (Å²) in [5.41, 5.74) is 0. The van der Waals surface area contributed by atoms with Crippen LogP contribution in [-0.2, 0) is 9.59 Å². The fourth-order valence-electron chi connectivity index (χ4n) is 2.15. The van der Waals surface area contributed by atoms with Gasteiger partial charge in [0, 0.05) is 6.42 Å². The van der Waals surface area contributed by atoms with Crippen molar-refractivity contribution in [2.24, 2.45) is 5.92 Å². The molecule has 0 saturated carbocycles. The molecule has 106 valence electrons. The third-order valence-electron chi connectivity index (χ3n) is 3.37. The van der Waals surface area contributed by atoms with E-state index in [0.717, 1.165) is 12.8 Å². The largest absolute Gasteiger partial charge is 0.481 e. The molecule has 0 saturated heterocycles. The summed E-state index contributed by atoms with van der Waals surface area (Å²) in [6.07, 6.45) is 10.3. The Labute approximate surface area is 111 Å². The van der Waals surface area contributed by atoms with Gasteiger partial charge < -0.3 is 5.11 Å². The van der Waals surface area contributed by atoms with Gasteiger partial charge in [-0.1, -0.05) is 58.8 Å². The molecule has 0 fully saturated rings. The van der Waals surface area contributed by atoms with E-state index >= 15 is 0 Å². The fraction of sp³-hybridized carbons (Fsp3) is 0.867. The number of rotatable bonds is 12. The Kier molecular flexibility index (Phi) is 10.7. The number of carbonyl (C=O) groups is 2. The fourth-order valence-corrected chi connectivity index (χ4v) is 2.15. The van der Waals surface area contributed by atoms with Gasteiger partial charge in [0.2, 0.25) is 0 Å². The van der Waals surface area contributed by atoms with Crippen LogP contribution < -0.4 is 0 Å². The third-order valence-corrected chi connectivity index (χ3v) is 3.37. The molecule has 0 heterocycles. The SMILES string of the molecule is CCCCCCCCCCC(=O)C(CC)C(=O)O. The Balaban J connectivity index is 3.48. The van der Waals surface area contributed by atoms with E-state index in [-0.39, 0.29) is 5.78 Å². The monoisotopic (exact) mass is 256 g/mol. The van der Waals surface area contributed by atoms with Crippen LogP contribution >= 0.6 is 0 Å². The number of hydrogen-bond acceptors (Lipinski definition) is 2. The van der Waals surface area contributed by atoms with Gasteiger partial charge in [-0.05, 0) is 12.8 Å². The number of aliphatic carboxylic acids is 1. The van der Waals surface area contributed by atoms with Gasteiger partial charge in [-0.15, -0.1) is 0 Å². The Hall–Kier alpha value is -0.860. The van der Waals surface area contributed by atoms with Crippen LogP contribution in [0.25, 0.3) is 0 Å². The smallest absolute Gasteiger partial charge is 0.314 e. The Morgan fingerprint density at radius 1 is 0.889 bits per heavy atom. The van der Waals surface area contributed by atoms with E-state index < -0.39 is 11.9 Å². The lowest BCUT2D eigenvalue weighted by Crippen LogP contribution is -2.22. The molecule has 0 aromatic rings. The maximum atomic E-state index is 11.6. The molecule has 0 bridgehead atoms. The van der Waals surface area contributed by atoms with Crippen LogP contribution in [-0.4, -0.2) is 16.9 Å². The number of carbonyl (C=O) groups excluding carboxylic acids is 1. The zero-order chi connectivity index (χ0) is 13.8. The highest BCUT2D eigenvalue weighted by atomic mass is 16.4. The van der Waals surface area contributed by atoms with Gasteiger partial charge in [0.15, 0.2) is 0 Å². The molecule has 18 heavy (non-hydrogen) atoms. The second-order valence-electron chi connectivity index (χ2n) is 4.99. The minimum Gasteiger partial charge on any atom is -0.481 e. The maximum absolute atomic E-state index is 11.6. The van der Waals surface area contributed by atoms with E-state index in [9.17, 15) is 9.59 Å². The third kappa shape index (κ3) is 8.26. The van der Waals surface area contributed by atoms with Crippen molar-refractivity contribution in [2.75, 3.05) is 0 Å². The van der Waals surface area contributed by atoms with Crippen molar-refractivity contribution < 1.29 is 14.7 Å². The number of hydrogen-bond donors (Lipinski definition) is 1. The average Bonchev–Trinajstić information content (AvgIpc) is 2.33. The first kappa shape index (κ1) is 17.1. The van der Waals surface area contributed by atoms with Crippen molar-refractivity contribution in [3.63, 3.8) is 0 Å². The average molecular weight is 256 g/mol. The molecular weight excluding hydrogens is 228 g/mol. The van der Waals surface area contributed by atoms with Gasteiger partial charge in [0.25, 0.3) is 0 Å². The molecule has 1 unspecified atom stereocenters. The zero-order valence-corrected chi connectivity index (χ0v) is 11.9. The van der Waals surface area contributed by atoms with Gasteiger partial charge in [-0.2, -0.15) is 0 Å². The van der Waals surface area contributed by atoms with Crippen molar-refractivity contribution in [3.05, 3.63) is 0 Å². The van der Waals surface area contributed by atoms with Crippen LogP contribution in [0.5, 0.6) is 0 Å². The van der Waals surface area contributed by atoms with Crippen molar-refractivity contribution in [2.45, 2.75) is 78.1 Å². The number of unbranched alkanes of at least 4 members (excludes halogenated alkanes) is 7. The highest BCUT2D eigenvalue weighted by molar-refractivity contribution is 5.98. The molecule has 0 aromatic carbocycles. The standard InChI is InChI=1S/C15H28O3/c1-3-5-6-7-8-9-10-11-12-14(16)13(4-2)15(17)18/h13H,3-12H2,1-2H3,(H,17,18). The lowest BCUT2D eigenvalue weighted by atomic mass is 9.96. The summed E-state index contributed by atoms with van der Waals surface area (Å²) in [4.78, 5) is 22.4. The lowest BCUT2D eigenvalue weighted by Gasteiger charge is -2.08. The first-order valence-electron chi connectivity index (χ1n) is 7.39. The maximum Gasteiger partial charge on any atom is 0.314 e. The predicted molar refractivity (Wildman–Crippen MR) is 73.7 cm³/mol. The normalized spacial score (nSPS) is 12.3. The molecule has 0 amide bonds. The van der Waals surface area contributed by atoms with Gasteiger partial charge in [-0.25, -0.2) is 0 Å². The summed E-state index contributed by atoms with van der Waals surface area (Å²) < 4.78 is 0. The minimum absolute atomic E-state index is 0.101. The summed E-state index contributed by atoms with van der Waals surface area (Å²) in [6, 6.07) is 0. The Morgan fingerprint density at radius 3 is 1.83 bits per heavy atom.